The lowest BCUT2D eigenvalue weighted by Crippen LogP contribution is -2.42. The van der Waals surface area contributed by atoms with Crippen LogP contribution >= 0.6 is 28.3 Å². The van der Waals surface area contributed by atoms with E-state index in [0.717, 1.165) is 17.3 Å². The summed E-state index contributed by atoms with van der Waals surface area (Å²) < 4.78 is 13.7. The molecule has 0 bridgehead atoms. The topological polar surface area (TPSA) is 55.1 Å². The molecule has 0 aliphatic heterocycles. The van der Waals surface area contributed by atoms with Crippen LogP contribution in [0.5, 0.6) is 0 Å². The van der Waals surface area contributed by atoms with Gasteiger partial charge in [0, 0.05) is 11.0 Å². The van der Waals surface area contributed by atoms with Gasteiger partial charge < -0.3 is 11.1 Å². The molecule has 0 unspecified atom stereocenters. The van der Waals surface area contributed by atoms with Crippen LogP contribution < -0.4 is 11.1 Å². The van der Waals surface area contributed by atoms with E-state index in [0.29, 0.717) is 5.56 Å². The molecule has 3 N–H and O–H groups in total. The molecule has 1 aromatic carbocycles. The Morgan fingerprint density at radius 2 is 2.18 bits per heavy atom. The van der Waals surface area contributed by atoms with E-state index in [4.69, 9.17) is 5.73 Å². The van der Waals surface area contributed by atoms with E-state index < -0.39 is 5.54 Å². The Kier molecular flexibility index (Phi) is 4.52. The van der Waals surface area contributed by atoms with Crippen molar-refractivity contribution >= 4 is 34.2 Å². The van der Waals surface area contributed by atoms with Crippen LogP contribution in [0.4, 0.5) is 4.39 Å². The van der Waals surface area contributed by atoms with E-state index in [1.54, 1.807) is 6.07 Å². The van der Waals surface area contributed by atoms with Crippen molar-refractivity contribution in [1.82, 2.24) is 5.32 Å². The molecule has 2 rings (SSSR count). The minimum Gasteiger partial charge on any atom is -0.350 e. The average molecular weight is 324 g/mol. The molecule has 17 heavy (non-hydrogen) atoms. The number of amides is 1. The van der Waals surface area contributed by atoms with E-state index in [1.807, 2.05) is 0 Å². The maximum absolute atomic E-state index is 13.0. The monoisotopic (exact) mass is 322 g/mol. The van der Waals surface area contributed by atoms with Crippen molar-refractivity contribution in [1.29, 1.82) is 0 Å². The predicted octanol–water partition coefficient (Wildman–Crippen LogP) is 2.12. The van der Waals surface area contributed by atoms with Crippen molar-refractivity contribution in [2.75, 3.05) is 0 Å². The number of nitrogens with two attached hydrogens (primary N) is 1. The summed E-state index contributed by atoms with van der Waals surface area (Å²) in [6, 6.07) is 4.37. The zero-order valence-corrected chi connectivity index (χ0v) is 11.4. The Balaban J connectivity index is 0.00000144. The summed E-state index contributed by atoms with van der Waals surface area (Å²) >= 11 is 3.30. The maximum atomic E-state index is 13.0. The van der Waals surface area contributed by atoms with Gasteiger partial charge in [0.1, 0.15) is 5.82 Å². The van der Waals surface area contributed by atoms with Gasteiger partial charge in [0.2, 0.25) is 5.91 Å². The summed E-state index contributed by atoms with van der Waals surface area (Å²) in [5, 5.41) is 2.71. The molecule has 1 aromatic rings. The van der Waals surface area contributed by atoms with Gasteiger partial charge in [0.05, 0.1) is 5.54 Å². The summed E-state index contributed by atoms with van der Waals surface area (Å²) in [4.78, 5) is 11.6. The Morgan fingerprint density at radius 3 is 2.76 bits per heavy atom. The predicted molar refractivity (Wildman–Crippen MR) is 69.3 cm³/mol. The van der Waals surface area contributed by atoms with Crippen molar-refractivity contribution in [3.63, 3.8) is 0 Å². The molecule has 0 spiro atoms. The van der Waals surface area contributed by atoms with Gasteiger partial charge >= 0.3 is 0 Å². The third-order valence-corrected chi connectivity index (χ3v) is 3.46. The Hall–Kier alpha value is -0.650. The minimum atomic E-state index is -0.681. The summed E-state index contributed by atoms with van der Waals surface area (Å²) in [6.07, 6.45) is 1.45. The highest BCUT2D eigenvalue weighted by Crippen LogP contribution is 2.32. The van der Waals surface area contributed by atoms with Gasteiger partial charge in [-0.05, 0) is 36.6 Å². The fourth-order valence-electron chi connectivity index (χ4n) is 1.39. The SMILES string of the molecule is Cl.NC1(C(=O)NCc2cc(F)ccc2Br)CC1. The third kappa shape index (κ3) is 3.40. The highest BCUT2D eigenvalue weighted by atomic mass is 79.9. The van der Waals surface area contributed by atoms with Crippen molar-refractivity contribution in [2.45, 2.75) is 24.9 Å². The highest BCUT2D eigenvalue weighted by Gasteiger charge is 2.45. The molecule has 0 radical (unpaired) electrons. The summed E-state index contributed by atoms with van der Waals surface area (Å²) in [6.45, 7) is 0.288. The van der Waals surface area contributed by atoms with Crippen LogP contribution in [0.15, 0.2) is 22.7 Å². The van der Waals surface area contributed by atoms with Crippen LogP contribution in [0.1, 0.15) is 18.4 Å². The number of hydrogen-bond acceptors (Lipinski definition) is 2. The van der Waals surface area contributed by atoms with Crippen LogP contribution in [0.3, 0.4) is 0 Å². The molecule has 0 atom stereocenters. The standard InChI is InChI=1S/C11H12BrFN2O.ClH/c12-9-2-1-8(13)5-7(9)6-15-10(16)11(14)3-4-11;/h1-2,5H,3-4,6,14H2,(H,15,16);1H. The molecule has 0 aromatic heterocycles. The van der Waals surface area contributed by atoms with Crippen molar-refractivity contribution in [3.8, 4) is 0 Å². The number of benzene rings is 1. The number of carbonyl (C=O) groups excluding carboxylic acids is 1. The molecule has 1 amide bonds. The van der Waals surface area contributed by atoms with Gasteiger partial charge in [-0.15, -0.1) is 12.4 Å². The number of carbonyl (C=O) groups is 1. The zero-order chi connectivity index (χ0) is 11.8. The molecule has 1 aliphatic rings. The first-order valence-corrected chi connectivity index (χ1v) is 5.82. The number of halogens is 3. The van der Waals surface area contributed by atoms with Crippen LogP contribution in [0, 0.1) is 5.82 Å². The van der Waals surface area contributed by atoms with Gasteiger partial charge in [-0.25, -0.2) is 4.39 Å². The summed E-state index contributed by atoms with van der Waals surface area (Å²) in [5.41, 5.74) is 5.75. The second-order valence-electron chi connectivity index (χ2n) is 4.07. The molecule has 3 nitrogen and oxygen atoms in total. The normalized spacial score (nSPS) is 15.9. The van der Waals surface area contributed by atoms with Crippen molar-refractivity contribution in [2.24, 2.45) is 5.73 Å². The molecule has 0 heterocycles. The molecule has 94 valence electrons. The first-order valence-electron chi connectivity index (χ1n) is 5.02. The van der Waals surface area contributed by atoms with E-state index in [2.05, 4.69) is 21.2 Å². The minimum absolute atomic E-state index is 0. The molecule has 1 aliphatic carbocycles. The fraction of sp³-hybridized carbons (Fsp3) is 0.364. The second kappa shape index (κ2) is 5.33. The van der Waals surface area contributed by atoms with E-state index in [9.17, 15) is 9.18 Å². The number of nitrogens with one attached hydrogen (secondary N) is 1. The number of hydrogen-bond donors (Lipinski definition) is 2. The van der Waals surface area contributed by atoms with Gasteiger partial charge in [0.15, 0.2) is 0 Å². The first kappa shape index (κ1) is 14.4. The smallest absolute Gasteiger partial charge is 0.240 e. The van der Waals surface area contributed by atoms with Gasteiger partial charge in [-0.1, -0.05) is 15.9 Å². The summed E-state index contributed by atoms with van der Waals surface area (Å²) in [7, 11) is 0. The van der Waals surface area contributed by atoms with Crippen LogP contribution in [-0.2, 0) is 11.3 Å². The molecule has 1 saturated carbocycles. The lowest BCUT2D eigenvalue weighted by atomic mass is 10.2. The average Bonchev–Trinajstić information content (AvgIpc) is 2.99. The molecule has 6 heteroatoms. The molecule has 0 saturated heterocycles. The van der Waals surface area contributed by atoms with Crippen LogP contribution in [0.25, 0.3) is 0 Å². The van der Waals surface area contributed by atoms with E-state index in [1.165, 1.54) is 12.1 Å². The third-order valence-electron chi connectivity index (χ3n) is 2.69. The lowest BCUT2D eigenvalue weighted by Gasteiger charge is -2.11. The van der Waals surface area contributed by atoms with Crippen molar-refractivity contribution < 1.29 is 9.18 Å². The van der Waals surface area contributed by atoms with Gasteiger partial charge in [-0.3, -0.25) is 4.79 Å². The zero-order valence-electron chi connectivity index (χ0n) is 9.00. The van der Waals surface area contributed by atoms with Gasteiger partial charge in [0.25, 0.3) is 0 Å². The fourth-order valence-corrected chi connectivity index (χ4v) is 1.78. The van der Waals surface area contributed by atoms with E-state index >= 15 is 0 Å². The highest BCUT2D eigenvalue weighted by molar-refractivity contribution is 9.10. The second-order valence-corrected chi connectivity index (χ2v) is 4.93. The summed E-state index contributed by atoms with van der Waals surface area (Å²) in [5.74, 6) is -0.481. The van der Waals surface area contributed by atoms with E-state index in [-0.39, 0.29) is 30.7 Å². The Labute approximate surface area is 113 Å². The quantitative estimate of drug-likeness (QED) is 0.895. The molecular formula is C11H13BrClFN2O. The largest absolute Gasteiger partial charge is 0.350 e. The first-order chi connectivity index (χ1) is 7.51. The van der Waals surface area contributed by atoms with Crippen molar-refractivity contribution in [3.05, 3.63) is 34.1 Å². The maximum Gasteiger partial charge on any atom is 0.240 e. The Morgan fingerprint density at radius 1 is 1.53 bits per heavy atom. The molecule has 1 fully saturated rings. The number of rotatable bonds is 3. The Bertz CT molecular complexity index is 437. The molecular weight excluding hydrogens is 310 g/mol. The lowest BCUT2D eigenvalue weighted by molar-refractivity contribution is -0.123. The van der Waals surface area contributed by atoms with Crippen LogP contribution in [-0.4, -0.2) is 11.4 Å². The van der Waals surface area contributed by atoms with Gasteiger partial charge in [-0.2, -0.15) is 0 Å². The van der Waals surface area contributed by atoms with Crippen LogP contribution in [0.2, 0.25) is 0 Å².